The molecule has 4 aliphatic carbocycles. The lowest BCUT2D eigenvalue weighted by molar-refractivity contribution is -0.411. The highest BCUT2D eigenvalue weighted by molar-refractivity contribution is 5.16. The summed E-state index contributed by atoms with van der Waals surface area (Å²) in [7, 11) is 0. The predicted octanol–water partition coefficient (Wildman–Crippen LogP) is -8.67. The third-order valence-electron chi connectivity index (χ3n) is 27.7. The van der Waals surface area contributed by atoms with Crippen molar-refractivity contribution in [1.29, 1.82) is 0 Å². The zero-order valence-electron chi connectivity index (χ0n) is 62.5. The highest BCUT2D eigenvalue weighted by atomic mass is 16.8. The summed E-state index contributed by atoms with van der Waals surface area (Å²) in [6.45, 7) is 5.53. The van der Waals surface area contributed by atoms with Gasteiger partial charge in [0.1, 0.15) is 171 Å². The minimum atomic E-state index is -2.30. The van der Waals surface area contributed by atoms with E-state index in [0.717, 1.165) is 51.4 Å². The third kappa shape index (κ3) is 16.0. The minimum Gasteiger partial charge on any atom is -0.394 e. The lowest BCUT2D eigenvalue weighted by Crippen LogP contribution is -2.69. The molecular formula is C72H118O39. The number of hydrogen-bond donors (Lipinski definition) is 21. The fourth-order valence-electron chi connectivity index (χ4n) is 21.2. The summed E-state index contributed by atoms with van der Waals surface area (Å²) in [5.74, 6) is 2.20. The topological polar surface area (TPSA) is 591 Å². The molecule has 49 unspecified atom stereocenters. The lowest BCUT2D eigenvalue weighted by atomic mass is 9.44. The van der Waals surface area contributed by atoms with Crippen LogP contribution in [0.25, 0.3) is 0 Å². The Balaban J connectivity index is 0.705. The Kier molecular flexibility index (Phi) is 26.7. The van der Waals surface area contributed by atoms with Crippen LogP contribution in [0.3, 0.4) is 0 Å². The molecule has 10 saturated heterocycles. The van der Waals surface area contributed by atoms with Crippen molar-refractivity contribution >= 4 is 0 Å². The maximum Gasteiger partial charge on any atom is 0.187 e. The van der Waals surface area contributed by atoms with Crippen LogP contribution in [0.4, 0.5) is 0 Å². The summed E-state index contributed by atoms with van der Waals surface area (Å²) in [6.07, 6.45) is -61.6. The molecule has 14 aliphatic rings. The van der Waals surface area contributed by atoms with Gasteiger partial charge in [0.15, 0.2) is 56.1 Å². The molecule has 10 aliphatic heterocycles. The number of fused-ring (bicyclic) bond motifs is 7. The van der Waals surface area contributed by atoms with E-state index in [2.05, 4.69) is 27.7 Å². The van der Waals surface area contributed by atoms with Gasteiger partial charge in [-0.05, 0) is 111 Å². The molecule has 0 aromatic heterocycles. The van der Waals surface area contributed by atoms with E-state index >= 15 is 0 Å². The minimum absolute atomic E-state index is 0.0711. The Hall–Kier alpha value is -1.56. The first kappa shape index (κ1) is 85.8. The fourth-order valence-corrected chi connectivity index (χ4v) is 21.2. The van der Waals surface area contributed by atoms with E-state index in [-0.39, 0.29) is 28.8 Å². The van der Waals surface area contributed by atoms with Crippen LogP contribution in [-0.4, -0.2) is 405 Å². The van der Waals surface area contributed by atoms with Gasteiger partial charge >= 0.3 is 0 Å². The van der Waals surface area contributed by atoms with Gasteiger partial charge in [0, 0.05) is 12.3 Å². The van der Waals surface area contributed by atoms with Crippen LogP contribution in [0.1, 0.15) is 98.8 Å². The Labute approximate surface area is 639 Å². The van der Waals surface area contributed by atoms with Gasteiger partial charge in [0.25, 0.3) is 0 Å². The molecule has 0 amide bonds. The van der Waals surface area contributed by atoms with Crippen molar-refractivity contribution in [3.8, 4) is 0 Å². The number of aliphatic hydroxyl groups excluding tert-OH is 21. The second-order valence-electron chi connectivity index (χ2n) is 34.2. The summed E-state index contributed by atoms with van der Waals surface area (Å²) in [5, 5.41) is 234. The van der Waals surface area contributed by atoms with Crippen molar-refractivity contribution < 1.29 is 193 Å². The van der Waals surface area contributed by atoms with Crippen LogP contribution in [0, 0.1) is 52.3 Å². The normalized spacial score (nSPS) is 57.0. The van der Waals surface area contributed by atoms with E-state index in [1.165, 1.54) is 6.92 Å². The van der Waals surface area contributed by atoms with Crippen molar-refractivity contribution in [3.63, 3.8) is 0 Å². The van der Waals surface area contributed by atoms with E-state index < -0.39 is 285 Å². The van der Waals surface area contributed by atoms with Gasteiger partial charge in [-0.15, -0.1) is 0 Å². The zero-order chi connectivity index (χ0) is 79.5. The molecule has 0 bridgehead atoms. The molecule has 39 nitrogen and oxygen atoms in total. The van der Waals surface area contributed by atoms with Gasteiger partial charge in [0.05, 0.1) is 71.2 Å². The highest BCUT2D eigenvalue weighted by Crippen LogP contribution is 2.72. The highest BCUT2D eigenvalue weighted by Gasteiger charge is 2.70. The number of aliphatic hydroxyl groups is 21. The standard InChI is InChI=1S/C72H118O39/c1-24-8-13-72(97-20-24)25(2)40-34(111-72)15-31-29-7-6-27-14-28(9-11-70(27,4)30(29)10-12-71(31,40)5)99-68-60(109-65-51(89)47(85)41(79)26(3)98-65)53(91)57(38(19-76)103-68)106-69-61(110-63-49(87)42(80)32(77)21-94-63)59(45(83)37(18-75)102-69)108-64-54(92)56(33(78)22-95-64)105-67-55(93)58(107-66-52(90)48(86)43(81)35(16-73)101-66)46(84)39(104-67)23-96-62-50(88)44(82)36(17-74)100-62/h24-69,73-93H,6-23H2,1-5H3. The quantitative estimate of drug-likeness (QED) is 0.0475. The van der Waals surface area contributed by atoms with E-state index in [1.54, 1.807) is 0 Å². The van der Waals surface area contributed by atoms with Gasteiger partial charge in [0.2, 0.25) is 0 Å². The molecule has 1 spiro atoms. The molecule has 14 fully saturated rings. The van der Waals surface area contributed by atoms with Crippen LogP contribution in [-0.2, 0) is 85.3 Å². The monoisotopic (exact) mass is 1610 g/mol. The van der Waals surface area contributed by atoms with Gasteiger partial charge in [-0.25, -0.2) is 0 Å². The second kappa shape index (κ2) is 34.5. The summed E-state index contributed by atoms with van der Waals surface area (Å²) >= 11 is 0. The maximum absolute atomic E-state index is 13.0. The number of ether oxygens (including phenoxy) is 18. The maximum atomic E-state index is 13.0. The molecule has 640 valence electrons. The summed E-state index contributed by atoms with van der Waals surface area (Å²) < 4.78 is 111. The number of hydrogen-bond acceptors (Lipinski definition) is 39. The molecule has 111 heavy (non-hydrogen) atoms. The summed E-state index contributed by atoms with van der Waals surface area (Å²) in [5.41, 5.74) is 0.0218. The molecule has 49 atom stereocenters. The smallest absolute Gasteiger partial charge is 0.187 e. The third-order valence-corrected chi connectivity index (χ3v) is 27.7. The van der Waals surface area contributed by atoms with E-state index in [9.17, 15) is 107 Å². The van der Waals surface area contributed by atoms with Crippen molar-refractivity contribution in [2.24, 2.45) is 52.3 Å². The SMILES string of the molecule is CC1CCC2(OC1)OC1CC3C4CCC5CC(OC6OC(CO)C(OC7OC(CO)C(O)C(OC8OCC(O)C(OC9OC(COC%10OC(CO)C(O)C%10O)C(O)C(OC%10OC(CO)C(O)C(O)C%10O)C9O)C8O)C7OC7OCC(O)C(O)C7O)C(O)C6OC6OC(C)C(O)C(O)C6O)CCC5(C)C4CCC3(C)C1C2C. The van der Waals surface area contributed by atoms with Gasteiger partial charge in [-0.1, -0.05) is 27.7 Å². The van der Waals surface area contributed by atoms with Crippen LogP contribution in [0.2, 0.25) is 0 Å². The van der Waals surface area contributed by atoms with Crippen LogP contribution >= 0.6 is 0 Å². The van der Waals surface area contributed by atoms with E-state index in [4.69, 9.17) is 85.3 Å². The van der Waals surface area contributed by atoms with Crippen LogP contribution < -0.4 is 0 Å². The van der Waals surface area contributed by atoms with Crippen LogP contribution in [0.15, 0.2) is 0 Å². The average molecular weight is 1610 g/mol. The molecular weight excluding hydrogens is 1490 g/mol. The summed E-state index contributed by atoms with van der Waals surface area (Å²) in [6, 6.07) is 0. The first-order chi connectivity index (χ1) is 52.8. The molecule has 0 aromatic carbocycles. The molecule has 4 saturated carbocycles. The van der Waals surface area contributed by atoms with Crippen molar-refractivity contribution in [3.05, 3.63) is 0 Å². The lowest BCUT2D eigenvalue weighted by Gasteiger charge is -2.61. The average Bonchev–Trinajstić information content (AvgIpc) is 1.54. The van der Waals surface area contributed by atoms with Crippen LogP contribution in [0.5, 0.6) is 0 Å². The van der Waals surface area contributed by atoms with Crippen molar-refractivity contribution in [2.45, 2.75) is 344 Å². The summed E-state index contributed by atoms with van der Waals surface area (Å²) in [4.78, 5) is 0. The fraction of sp³-hybridized carbons (Fsp3) is 1.00. The zero-order valence-corrected chi connectivity index (χ0v) is 62.5. The van der Waals surface area contributed by atoms with Gasteiger partial charge in [-0.2, -0.15) is 0 Å². The van der Waals surface area contributed by atoms with E-state index in [1.807, 2.05) is 0 Å². The van der Waals surface area contributed by atoms with Gasteiger partial charge in [-0.3, -0.25) is 0 Å². The van der Waals surface area contributed by atoms with Crippen molar-refractivity contribution in [1.82, 2.24) is 0 Å². The first-order valence-electron chi connectivity index (χ1n) is 39.5. The molecule has 21 N–H and O–H groups in total. The first-order valence-corrected chi connectivity index (χ1v) is 39.5. The number of rotatable bonds is 21. The Bertz CT molecular complexity index is 3000. The molecule has 10 heterocycles. The molecule has 0 aromatic rings. The largest absolute Gasteiger partial charge is 0.394 e. The predicted molar refractivity (Wildman–Crippen MR) is 359 cm³/mol. The molecule has 39 heteroatoms. The Morgan fingerprint density at radius 1 is 0.360 bits per heavy atom. The second-order valence-corrected chi connectivity index (χ2v) is 34.2. The Morgan fingerprint density at radius 3 is 1.56 bits per heavy atom. The van der Waals surface area contributed by atoms with E-state index in [0.29, 0.717) is 49.0 Å². The van der Waals surface area contributed by atoms with Crippen molar-refractivity contribution in [2.75, 3.05) is 52.9 Å². The van der Waals surface area contributed by atoms with Gasteiger partial charge < -0.3 is 193 Å². The molecule has 0 radical (unpaired) electrons. The Morgan fingerprint density at radius 2 is 0.874 bits per heavy atom. The molecule has 14 rings (SSSR count).